The molecular weight excluding hydrogens is 260 g/mol. The number of nitrogen functional groups attached to an aromatic ring is 1. The summed E-state index contributed by atoms with van der Waals surface area (Å²) in [5, 5.41) is 12.2. The van der Waals surface area contributed by atoms with E-state index in [2.05, 4.69) is 29.4 Å². The van der Waals surface area contributed by atoms with Crippen LogP contribution in [0.15, 0.2) is 24.3 Å². The molecule has 2 rings (SSSR count). The van der Waals surface area contributed by atoms with Crippen molar-refractivity contribution in [1.82, 2.24) is 10.2 Å². The van der Waals surface area contributed by atoms with Crippen molar-refractivity contribution in [3.05, 3.63) is 34.8 Å². The number of anilines is 2. The molecule has 0 saturated heterocycles. The van der Waals surface area contributed by atoms with Crippen molar-refractivity contribution in [3.8, 4) is 0 Å². The topological polar surface area (TPSA) is 80.9 Å². The molecule has 0 aliphatic heterocycles. The van der Waals surface area contributed by atoms with Crippen LogP contribution in [-0.2, 0) is 6.42 Å². The summed E-state index contributed by atoms with van der Waals surface area (Å²) in [4.78, 5) is 11.9. The van der Waals surface area contributed by atoms with Crippen LogP contribution in [0.1, 0.15) is 29.2 Å². The number of nitrogens with one attached hydrogen (secondary N) is 1. The van der Waals surface area contributed by atoms with Crippen LogP contribution in [0.5, 0.6) is 0 Å². The minimum Gasteiger partial charge on any atom is -0.399 e. The molecule has 0 aliphatic rings. The standard InChI is InChI=1S/C13H16N4OS/c1-8(2)7-11-16-17-13(19-11)15-12(18)9-3-5-10(14)6-4-9/h3-6,8H,7,14H2,1-2H3,(H,15,17,18). The Hall–Kier alpha value is -1.95. The molecule has 0 spiro atoms. The predicted octanol–water partition coefficient (Wildman–Crippen LogP) is 2.57. The van der Waals surface area contributed by atoms with Crippen LogP contribution in [0.25, 0.3) is 0 Å². The molecule has 0 unspecified atom stereocenters. The van der Waals surface area contributed by atoms with Crippen LogP contribution in [0.2, 0.25) is 0 Å². The normalized spacial score (nSPS) is 10.7. The summed E-state index contributed by atoms with van der Waals surface area (Å²) >= 11 is 1.41. The number of nitrogens with two attached hydrogens (primary N) is 1. The van der Waals surface area contributed by atoms with Gasteiger partial charge in [0.2, 0.25) is 5.13 Å². The van der Waals surface area contributed by atoms with Crippen molar-refractivity contribution >= 4 is 28.1 Å². The van der Waals surface area contributed by atoms with Gasteiger partial charge in [0.1, 0.15) is 5.01 Å². The molecule has 0 bridgehead atoms. The van der Waals surface area contributed by atoms with E-state index in [0.717, 1.165) is 11.4 Å². The molecule has 0 atom stereocenters. The molecule has 6 heteroatoms. The molecule has 5 nitrogen and oxygen atoms in total. The molecule has 3 N–H and O–H groups in total. The maximum absolute atomic E-state index is 11.9. The van der Waals surface area contributed by atoms with Crippen molar-refractivity contribution in [2.75, 3.05) is 11.1 Å². The lowest BCUT2D eigenvalue weighted by atomic mass is 10.1. The lowest BCUT2D eigenvalue weighted by Crippen LogP contribution is -2.11. The Morgan fingerprint density at radius 2 is 2.00 bits per heavy atom. The molecule has 0 fully saturated rings. The van der Waals surface area contributed by atoms with E-state index in [1.165, 1.54) is 11.3 Å². The average Bonchev–Trinajstić information content (AvgIpc) is 2.76. The van der Waals surface area contributed by atoms with Gasteiger partial charge in [0.25, 0.3) is 5.91 Å². The summed E-state index contributed by atoms with van der Waals surface area (Å²) in [5.74, 6) is 0.320. The van der Waals surface area contributed by atoms with Crippen LogP contribution in [0.4, 0.5) is 10.8 Å². The highest BCUT2D eigenvalue weighted by Gasteiger charge is 2.10. The van der Waals surface area contributed by atoms with E-state index >= 15 is 0 Å². The molecule has 1 amide bonds. The average molecular weight is 276 g/mol. The first-order valence-corrected chi connectivity index (χ1v) is 6.85. The van der Waals surface area contributed by atoms with Gasteiger partial charge in [-0.05, 0) is 30.2 Å². The van der Waals surface area contributed by atoms with Gasteiger partial charge in [-0.3, -0.25) is 10.1 Å². The van der Waals surface area contributed by atoms with Crippen LogP contribution in [-0.4, -0.2) is 16.1 Å². The molecular formula is C13H16N4OS. The van der Waals surface area contributed by atoms with Crippen LogP contribution in [0.3, 0.4) is 0 Å². The molecule has 1 aromatic carbocycles. The maximum Gasteiger partial charge on any atom is 0.257 e. The molecule has 1 heterocycles. The number of rotatable bonds is 4. The Balaban J connectivity index is 2.02. The van der Waals surface area contributed by atoms with E-state index in [4.69, 9.17) is 5.73 Å². The monoisotopic (exact) mass is 276 g/mol. The highest BCUT2D eigenvalue weighted by Crippen LogP contribution is 2.19. The Morgan fingerprint density at radius 3 is 2.63 bits per heavy atom. The Labute approximate surface area is 115 Å². The van der Waals surface area contributed by atoms with Gasteiger partial charge in [0.15, 0.2) is 0 Å². The van der Waals surface area contributed by atoms with E-state index in [1.807, 2.05) is 0 Å². The zero-order valence-corrected chi connectivity index (χ0v) is 11.7. The Kier molecular flexibility index (Phi) is 4.11. The zero-order valence-electron chi connectivity index (χ0n) is 10.9. The number of benzene rings is 1. The van der Waals surface area contributed by atoms with Crippen LogP contribution in [0, 0.1) is 5.92 Å². The lowest BCUT2D eigenvalue weighted by molar-refractivity contribution is 0.102. The number of aromatic nitrogens is 2. The second kappa shape index (κ2) is 5.79. The van der Waals surface area contributed by atoms with E-state index in [-0.39, 0.29) is 5.91 Å². The smallest absolute Gasteiger partial charge is 0.257 e. The molecule has 0 aliphatic carbocycles. The second-order valence-electron chi connectivity index (χ2n) is 4.68. The lowest BCUT2D eigenvalue weighted by Gasteiger charge is -2.01. The summed E-state index contributed by atoms with van der Waals surface area (Å²) in [6.07, 6.45) is 0.870. The van der Waals surface area contributed by atoms with Crippen molar-refractivity contribution in [2.24, 2.45) is 5.92 Å². The number of hydrogen-bond acceptors (Lipinski definition) is 5. The van der Waals surface area contributed by atoms with Gasteiger partial charge < -0.3 is 5.73 Å². The molecule has 0 radical (unpaired) electrons. The minimum absolute atomic E-state index is 0.202. The predicted molar refractivity (Wildman–Crippen MR) is 77.3 cm³/mol. The summed E-state index contributed by atoms with van der Waals surface area (Å²) in [7, 11) is 0. The van der Waals surface area contributed by atoms with E-state index in [9.17, 15) is 4.79 Å². The molecule has 1 aromatic heterocycles. The van der Waals surface area contributed by atoms with Gasteiger partial charge >= 0.3 is 0 Å². The van der Waals surface area contributed by atoms with E-state index in [1.54, 1.807) is 24.3 Å². The third kappa shape index (κ3) is 3.75. The number of carbonyl (C=O) groups excluding carboxylic acids is 1. The van der Waals surface area contributed by atoms with Crippen molar-refractivity contribution in [2.45, 2.75) is 20.3 Å². The first-order valence-electron chi connectivity index (χ1n) is 6.04. The van der Waals surface area contributed by atoms with Crippen LogP contribution >= 0.6 is 11.3 Å². The highest BCUT2D eigenvalue weighted by atomic mass is 32.1. The number of amides is 1. The van der Waals surface area contributed by atoms with E-state index in [0.29, 0.717) is 22.3 Å². The number of carbonyl (C=O) groups is 1. The fourth-order valence-corrected chi connectivity index (χ4v) is 2.49. The van der Waals surface area contributed by atoms with Gasteiger partial charge in [-0.2, -0.15) is 0 Å². The highest BCUT2D eigenvalue weighted by molar-refractivity contribution is 7.15. The van der Waals surface area contributed by atoms with Crippen molar-refractivity contribution < 1.29 is 4.79 Å². The van der Waals surface area contributed by atoms with E-state index < -0.39 is 0 Å². The molecule has 19 heavy (non-hydrogen) atoms. The summed E-state index contributed by atoms with van der Waals surface area (Å²) in [6.45, 7) is 4.24. The van der Waals surface area contributed by atoms with Gasteiger partial charge in [0, 0.05) is 17.7 Å². The summed E-state index contributed by atoms with van der Waals surface area (Å²) < 4.78 is 0. The van der Waals surface area contributed by atoms with Gasteiger partial charge in [-0.15, -0.1) is 10.2 Å². The summed E-state index contributed by atoms with van der Waals surface area (Å²) in [6, 6.07) is 6.75. The molecule has 2 aromatic rings. The quantitative estimate of drug-likeness (QED) is 0.841. The Bertz CT molecular complexity index is 562. The summed E-state index contributed by atoms with van der Waals surface area (Å²) in [5.41, 5.74) is 6.76. The largest absolute Gasteiger partial charge is 0.399 e. The zero-order chi connectivity index (χ0) is 13.8. The first kappa shape index (κ1) is 13.5. The third-order valence-electron chi connectivity index (χ3n) is 2.44. The third-order valence-corrected chi connectivity index (χ3v) is 3.30. The molecule has 100 valence electrons. The SMILES string of the molecule is CC(C)Cc1nnc(NC(=O)c2ccc(N)cc2)s1. The fourth-order valence-electron chi connectivity index (χ4n) is 1.54. The maximum atomic E-state index is 11.9. The first-order chi connectivity index (χ1) is 9.04. The van der Waals surface area contributed by atoms with Crippen molar-refractivity contribution in [3.63, 3.8) is 0 Å². The van der Waals surface area contributed by atoms with Gasteiger partial charge in [0.05, 0.1) is 0 Å². The Morgan fingerprint density at radius 1 is 1.32 bits per heavy atom. The number of nitrogens with zero attached hydrogens (tertiary/aromatic N) is 2. The minimum atomic E-state index is -0.202. The molecule has 0 saturated carbocycles. The van der Waals surface area contributed by atoms with Gasteiger partial charge in [-0.25, -0.2) is 0 Å². The number of hydrogen-bond donors (Lipinski definition) is 2. The van der Waals surface area contributed by atoms with Crippen LogP contribution < -0.4 is 11.1 Å². The second-order valence-corrected chi connectivity index (χ2v) is 5.74. The van der Waals surface area contributed by atoms with Crippen molar-refractivity contribution in [1.29, 1.82) is 0 Å². The van der Waals surface area contributed by atoms with Gasteiger partial charge in [-0.1, -0.05) is 25.2 Å². The fraction of sp³-hybridized carbons (Fsp3) is 0.308.